The van der Waals surface area contributed by atoms with Crippen LogP contribution in [-0.4, -0.2) is 61.1 Å². The smallest absolute Gasteiger partial charge is 0.410 e. The fraction of sp³-hybridized carbons (Fsp3) is 0.364. The number of hydrogen-bond donors (Lipinski definition) is 1. The van der Waals surface area contributed by atoms with E-state index in [1.54, 1.807) is 4.90 Å². The van der Waals surface area contributed by atoms with Gasteiger partial charge in [-0.1, -0.05) is 97.1 Å². The number of rotatable bonds is 24. The van der Waals surface area contributed by atoms with E-state index < -0.39 is 6.09 Å². The lowest BCUT2D eigenvalue weighted by Gasteiger charge is -2.24. The molecular weight excluding hydrogens is 679 g/mol. The van der Waals surface area contributed by atoms with Crippen molar-refractivity contribution >= 4 is 12.0 Å². The predicted octanol–water partition coefficient (Wildman–Crippen LogP) is 7.83. The molecule has 0 saturated heterocycles. The van der Waals surface area contributed by atoms with Crippen molar-refractivity contribution in [2.45, 2.75) is 64.8 Å². The Kier molecular flexibility index (Phi) is 18.5. The predicted molar refractivity (Wildman–Crippen MR) is 208 cm³/mol. The molecule has 4 rings (SSSR count). The van der Waals surface area contributed by atoms with Gasteiger partial charge in [-0.2, -0.15) is 10.5 Å². The van der Waals surface area contributed by atoms with Gasteiger partial charge in [0.15, 0.2) is 11.5 Å². The number of carbonyl (C=O) groups is 2. The van der Waals surface area contributed by atoms with Crippen LogP contribution in [-0.2, 0) is 35.8 Å². The first-order valence-corrected chi connectivity index (χ1v) is 18.7. The molecular formula is C44H51N5O5. The molecule has 10 nitrogen and oxygen atoms in total. The van der Waals surface area contributed by atoms with Gasteiger partial charge < -0.3 is 29.3 Å². The number of hydrogen-bond acceptors (Lipinski definition) is 8. The monoisotopic (exact) mass is 729 g/mol. The average molecular weight is 730 g/mol. The maximum Gasteiger partial charge on any atom is 0.410 e. The first-order valence-electron chi connectivity index (χ1n) is 18.7. The molecule has 10 heteroatoms. The van der Waals surface area contributed by atoms with E-state index in [0.29, 0.717) is 89.5 Å². The van der Waals surface area contributed by atoms with Crippen molar-refractivity contribution in [3.63, 3.8) is 0 Å². The third kappa shape index (κ3) is 15.8. The summed E-state index contributed by atoms with van der Waals surface area (Å²) in [5.41, 5.74) is 3.98. The maximum absolute atomic E-state index is 13.1. The van der Waals surface area contributed by atoms with Gasteiger partial charge in [-0.25, -0.2) is 4.79 Å². The standard InChI is InChI=1S/C44H51N5O5/c45-25-12-29-48(30-13-26-46)28-10-11-31-49(44(51)54-36-40-19-8-3-9-20-40)32-14-27-47-43(50)24-22-37-21-23-41(52-34-38-15-4-1-5-16-38)42(33-37)53-35-39-17-6-2-7-18-39/h1-9,15-21,23,33H,10-14,22,24,27-32,34-36H2,(H,47,50). The summed E-state index contributed by atoms with van der Waals surface area (Å²) in [5, 5.41) is 21.0. The molecule has 0 heterocycles. The van der Waals surface area contributed by atoms with E-state index in [1.807, 2.05) is 109 Å². The van der Waals surface area contributed by atoms with Crippen LogP contribution < -0.4 is 14.8 Å². The topological polar surface area (TPSA) is 128 Å². The quantitative estimate of drug-likeness (QED) is 0.0723. The second kappa shape index (κ2) is 24.4. The van der Waals surface area contributed by atoms with Crippen molar-refractivity contribution in [3.05, 3.63) is 131 Å². The van der Waals surface area contributed by atoms with Gasteiger partial charge in [-0.05, 0) is 66.6 Å². The number of carbonyl (C=O) groups excluding carboxylic acids is 2. The number of aryl methyl sites for hydroxylation is 1. The highest BCUT2D eigenvalue weighted by Gasteiger charge is 2.16. The third-order valence-electron chi connectivity index (χ3n) is 8.75. The number of benzene rings is 4. The summed E-state index contributed by atoms with van der Waals surface area (Å²) in [6.45, 7) is 4.35. The maximum atomic E-state index is 13.1. The molecule has 0 bridgehead atoms. The van der Waals surface area contributed by atoms with Crippen LogP contribution in [0.4, 0.5) is 4.79 Å². The molecule has 0 spiro atoms. The zero-order chi connectivity index (χ0) is 38.1. The minimum atomic E-state index is -0.391. The van der Waals surface area contributed by atoms with Gasteiger partial charge in [0.25, 0.3) is 0 Å². The van der Waals surface area contributed by atoms with Crippen LogP contribution in [0.2, 0.25) is 0 Å². The molecule has 0 aliphatic carbocycles. The number of nitrogens with zero attached hydrogens (tertiary/aromatic N) is 4. The van der Waals surface area contributed by atoms with E-state index in [-0.39, 0.29) is 12.5 Å². The van der Waals surface area contributed by atoms with Crippen molar-refractivity contribution in [1.29, 1.82) is 10.5 Å². The molecule has 2 amide bonds. The Morgan fingerprint density at radius 2 is 1.13 bits per heavy atom. The van der Waals surface area contributed by atoms with Crippen LogP contribution >= 0.6 is 0 Å². The van der Waals surface area contributed by atoms with Gasteiger partial charge in [0.05, 0.1) is 12.1 Å². The van der Waals surface area contributed by atoms with Crippen LogP contribution in [0.3, 0.4) is 0 Å². The molecule has 4 aromatic carbocycles. The normalized spacial score (nSPS) is 10.6. The lowest BCUT2D eigenvalue weighted by Crippen LogP contribution is -2.36. The second-order valence-electron chi connectivity index (χ2n) is 12.9. The largest absolute Gasteiger partial charge is 0.485 e. The lowest BCUT2D eigenvalue weighted by atomic mass is 10.1. The molecule has 0 radical (unpaired) electrons. The molecule has 0 atom stereocenters. The molecule has 0 fully saturated rings. The van der Waals surface area contributed by atoms with Crippen molar-refractivity contribution in [3.8, 4) is 23.6 Å². The van der Waals surface area contributed by atoms with E-state index >= 15 is 0 Å². The molecule has 0 saturated carbocycles. The average Bonchev–Trinajstić information content (AvgIpc) is 3.22. The number of nitrogens with one attached hydrogen (secondary N) is 1. The Bertz CT molecular complexity index is 1740. The van der Waals surface area contributed by atoms with Gasteiger partial charge in [0.1, 0.15) is 19.8 Å². The SMILES string of the molecule is N#CCCN(CCC#N)CCCCN(CCCNC(=O)CCc1ccc(OCc2ccccc2)c(OCc2ccccc2)c1)C(=O)OCc1ccccc1. The Morgan fingerprint density at radius 3 is 1.72 bits per heavy atom. The molecule has 0 unspecified atom stereocenters. The van der Waals surface area contributed by atoms with Gasteiger partial charge in [-0.15, -0.1) is 0 Å². The van der Waals surface area contributed by atoms with E-state index in [9.17, 15) is 9.59 Å². The number of ether oxygens (including phenoxy) is 3. The Labute approximate surface area is 319 Å². The summed E-state index contributed by atoms with van der Waals surface area (Å²) in [5.74, 6) is 1.20. The molecule has 1 N–H and O–H groups in total. The van der Waals surface area contributed by atoms with Crippen molar-refractivity contribution in [2.24, 2.45) is 0 Å². The van der Waals surface area contributed by atoms with Crippen molar-refractivity contribution < 1.29 is 23.8 Å². The second-order valence-corrected chi connectivity index (χ2v) is 12.9. The summed E-state index contributed by atoms with van der Waals surface area (Å²) >= 11 is 0. The zero-order valence-corrected chi connectivity index (χ0v) is 31.0. The van der Waals surface area contributed by atoms with Gasteiger partial charge >= 0.3 is 6.09 Å². The van der Waals surface area contributed by atoms with Crippen molar-refractivity contribution in [1.82, 2.24) is 15.1 Å². The third-order valence-corrected chi connectivity index (χ3v) is 8.75. The van der Waals surface area contributed by atoms with Gasteiger partial charge in [0, 0.05) is 52.0 Å². The highest BCUT2D eigenvalue weighted by Crippen LogP contribution is 2.30. The number of amides is 2. The molecule has 4 aromatic rings. The summed E-state index contributed by atoms with van der Waals surface area (Å²) in [6, 6.07) is 39.6. The highest BCUT2D eigenvalue weighted by molar-refractivity contribution is 5.76. The van der Waals surface area contributed by atoms with Crippen LogP contribution in [0.15, 0.2) is 109 Å². The van der Waals surface area contributed by atoms with Gasteiger partial charge in [-0.3, -0.25) is 4.79 Å². The van der Waals surface area contributed by atoms with Crippen LogP contribution in [0.25, 0.3) is 0 Å². The molecule has 54 heavy (non-hydrogen) atoms. The van der Waals surface area contributed by atoms with Crippen LogP contribution in [0.1, 0.15) is 60.8 Å². The van der Waals surface area contributed by atoms with Gasteiger partial charge in [0.2, 0.25) is 5.91 Å². The molecule has 0 aliphatic rings. The molecule has 0 aliphatic heterocycles. The van der Waals surface area contributed by atoms with Crippen molar-refractivity contribution in [2.75, 3.05) is 39.3 Å². The molecule has 0 aromatic heterocycles. The number of unbranched alkanes of at least 4 members (excludes halogenated alkanes) is 1. The molecule has 282 valence electrons. The minimum absolute atomic E-state index is 0.0702. The Hall–Kier alpha value is -5.84. The van der Waals surface area contributed by atoms with E-state index in [2.05, 4.69) is 22.4 Å². The Morgan fingerprint density at radius 1 is 0.593 bits per heavy atom. The zero-order valence-electron chi connectivity index (χ0n) is 31.0. The lowest BCUT2D eigenvalue weighted by molar-refractivity contribution is -0.121. The minimum Gasteiger partial charge on any atom is -0.485 e. The fourth-order valence-electron chi connectivity index (χ4n) is 5.75. The number of nitriles is 2. The van der Waals surface area contributed by atoms with Crippen LogP contribution in [0.5, 0.6) is 11.5 Å². The first-order chi connectivity index (χ1) is 26.5. The highest BCUT2D eigenvalue weighted by atomic mass is 16.6. The first kappa shape index (κ1) is 40.9. The summed E-state index contributed by atoms with van der Waals surface area (Å²) in [6.07, 6.45) is 3.41. The summed E-state index contributed by atoms with van der Waals surface area (Å²) in [4.78, 5) is 29.8. The fourth-order valence-corrected chi connectivity index (χ4v) is 5.75. The summed E-state index contributed by atoms with van der Waals surface area (Å²) < 4.78 is 18.0. The van der Waals surface area contributed by atoms with E-state index in [0.717, 1.165) is 41.6 Å². The van der Waals surface area contributed by atoms with Crippen LogP contribution in [0, 0.1) is 22.7 Å². The summed E-state index contributed by atoms with van der Waals surface area (Å²) in [7, 11) is 0. The van der Waals surface area contributed by atoms with E-state index in [4.69, 9.17) is 24.7 Å². The van der Waals surface area contributed by atoms with E-state index in [1.165, 1.54) is 0 Å². The Balaban J connectivity index is 1.26.